The molecule has 0 saturated carbocycles. The van der Waals surface area contributed by atoms with Gasteiger partial charge in [-0.3, -0.25) is 0 Å². The lowest BCUT2D eigenvalue weighted by atomic mass is 9.92. The lowest BCUT2D eigenvalue weighted by molar-refractivity contribution is -0.275. The lowest BCUT2D eigenvalue weighted by Gasteiger charge is -2.21. The second kappa shape index (κ2) is 5.27. The Morgan fingerprint density at radius 3 is 2.53 bits per heavy atom. The number of hydrogen-bond acceptors (Lipinski definition) is 1. The number of halogens is 3. The van der Waals surface area contributed by atoms with Crippen LogP contribution in [0, 0.1) is 0 Å². The van der Waals surface area contributed by atoms with Gasteiger partial charge in [-0.1, -0.05) is 44.2 Å². The number of ether oxygens (including phenoxy) is 1. The largest absolute Gasteiger partial charge is 0.573 e. The Morgan fingerprint density at radius 1 is 1.26 bits per heavy atom. The molecule has 0 saturated heterocycles. The van der Waals surface area contributed by atoms with Crippen molar-refractivity contribution in [2.75, 3.05) is 0 Å². The number of allylic oxidation sites excluding steroid dienone is 2. The summed E-state index contributed by atoms with van der Waals surface area (Å²) < 4.78 is 42.1. The van der Waals surface area contributed by atoms with Crippen molar-refractivity contribution >= 4 is 0 Å². The van der Waals surface area contributed by atoms with E-state index in [4.69, 9.17) is 0 Å². The zero-order valence-corrected chi connectivity index (χ0v) is 11.0. The van der Waals surface area contributed by atoms with Gasteiger partial charge in [-0.05, 0) is 24.3 Å². The molecular weight excluding hydrogens is 253 g/mol. The summed E-state index contributed by atoms with van der Waals surface area (Å²) in [6.07, 6.45) is 1.06. The fraction of sp³-hybridized carbons (Fsp3) is 0.467. The predicted octanol–water partition coefficient (Wildman–Crippen LogP) is 5.14. The summed E-state index contributed by atoms with van der Waals surface area (Å²) >= 11 is 0. The van der Waals surface area contributed by atoms with E-state index in [-0.39, 0.29) is 17.6 Å². The van der Waals surface area contributed by atoms with E-state index < -0.39 is 6.36 Å². The van der Waals surface area contributed by atoms with Crippen molar-refractivity contribution in [2.24, 2.45) is 0 Å². The van der Waals surface area contributed by atoms with Crippen LogP contribution in [0.5, 0.6) is 5.75 Å². The van der Waals surface area contributed by atoms with Crippen molar-refractivity contribution < 1.29 is 17.9 Å². The molecule has 4 heteroatoms. The Labute approximate surface area is 111 Å². The van der Waals surface area contributed by atoms with Crippen LogP contribution in [-0.4, -0.2) is 6.36 Å². The van der Waals surface area contributed by atoms with Crippen LogP contribution in [0.15, 0.2) is 30.4 Å². The summed E-state index contributed by atoms with van der Waals surface area (Å²) in [4.78, 5) is 0. The van der Waals surface area contributed by atoms with Gasteiger partial charge in [-0.15, -0.1) is 13.2 Å². The van der Waals surface area contributed by atoms with Gasteiger partial charge in [0.1, 0.15) is 5.75 Å². The molecular formula is C15H17F3O. The molecule has 0 N–H and O–H groups in total. The van der Waals surface area contributed by atoms with E-state index in [0.717, 1.165) is 12.8 Å². The number of para-hydroxylation sites is 1. The van der Waals surface area contributed by atoms with Gasteiger partial charge in [0.25, 0.3) is 0 Å². The highest BCUT2D eigenvalue weighted by molar-refractivity contribution is 5.47. The van der Waals surface area contributed by atoms with E-state index in [9.17, 15) is 13.2 Å². The van der Waals surface area contributed by atoms with Crippen LogP contribution in [0.1, 0.15) is 49.7 Å². The molecule has 1 aromatic carbocycles. The van der Waals surface area contributed by atoms with E-state index in [1.807, 2.05) is 26.0 Å². The van der Waals surface area contributed by atoms with Gasteiger partial charge in [0, 0.05) is 11.5 Å². The van der Waals surface area contributed by atoms with Gasteiger partial charge in [-0.25, -0.2) is 0 Å². The molecule has 1 aliphatic carbocycles. The molecule has 104 valence electrons. The van der Waals surface area contributed by atoms with Crippen LogP contribution >= 0.6 is 0 Å². The molecule has 0 bridgehead atoms. The molecule has 0 heterocycles. The minimum Gasteiger partial charge on any atom is -0.405 e. The number of benzene rings is 1. The van der Waals surface area contributed by atoms with Crippen molar-refractivity contribution in [1.82, 2.24) is 0 Å². The Balaban J connectivity index is 2.46. The molecule has 1 nitrogen and oxygen atoms in total. The molecule has 0 spiro atoms. The summed E-state index contributed by atoms with van der Waals surface area (Å²) in [5.41, 5.74) is 1.24. The zero-order chi connectivity index (χ0) is 14.0. The quantitative estimate of drug-likeness (QED) is 0.691. The number of rotatable bonds is 3. The first-order valence-corrected chi connectivity index (χ1v) is 6.43. The molecule has 1 aromatic rings. The predicted molar refractivity (Wildman–Crippen MR) is 68.3 cm³/mol. The van der Waals surface area contributed by atoms with Gasteiger partial charge in [0.15, 0.2) is 0 Å². The first-order valence-electron chi connectivity index (χ1n) is 6.43. The Kier molecular flexibility index (Phi) is 3.88. The van der Waals surface area contributed by atoms with Crippen LogP contribution in [0.3, 0.4) is 0 Å². The third kappa shape index (κ3) is 3.31. The van der Waals surface area contributed by atoms with E-state index in [0.29, 0.717) is 11.1 Å². The maximum atomic E-state index is 12.6. The Hall–Kier alpha value is -1.45. The Morgan fingerprint density at radius 2 is 2.00 bits per heavy atom. The van der Waals surface area contributed by atoms with Crippen molar-refractivity contribution in [3.8, 4) is 5.75 Å². The molecule has 0 amide bonds. The first kappa shape index (κ1) is 14.0. The zero-order valence-electron chi connectivity index (χ0n) is 11.0. The van der Waals surface area contributed by atoms with Gasteiger partial charge < -0.3 is 4.74 Å². The van der Waals surface area contributed by atoms with Gasteiger partial charge in [-0.2, -0.15) is 0 Å². The van der Waals surface area contributed by atoms with E-state index in [1.54, 1.807) is 18.2 Å². The maximum absolute atomic E-state index is 12.6. The standard InChI is InChI=1S/C15H17F3O/c1-10(2)12-8-5-9-13(11-6-3-4-7-11)14(12)19-15(16,17)18/h3,5-6,8-11H,4,7H2,1-2H3. The van der Waals surface area contributed by atoms with E-state index >= 15 is 0 Å². The van der Waals surface area contributed by atoms with Crippen molar-refractivity contribution in [3.05, 3.63) is 41.5 Å². The first-order chi connectivity index (χ1) is 8.88. The van der Waals surface area contributed by atoms with Gasteiger partial charge >= 0.3 is 6.36 Å². The minimum absolute atomic E-state index is 0.0114. The molecule has 2 rings (SSSR count). The Bertz CT molecular complexity index is 475. The molecule has 1 atom stereocenters. The highest BCUT2D eigenvalue weighted by Crippen LogP contribution is 2.41. The molecule has 0 aromatic heterocycles. The molecule has 1 unspecified atom stereocenters. The topological polar surface area (TPSA) is 9.23 Å². The van der Waals surface area contributed by atoms with E-state index in [2.05, 4.69) is 4.74 Å². The highest BCUT2D eigenvalue weighted by Gasteiger charge is 2.34. The summed E-state index contributed by atoms with van der Waals surface area (Å²) in [6, 6.07) is 5.24. The van der Waals surface area contributed by atoms with Crippen LogP contribution in [0.2, 0.25) is 0 Å². The minimum atomic E-state index is -4.65. The van der Waals surface area contributed by atoms with Gasteiger partial charge in [0.2, 0.25) is 0 Å². The average molecular weight is 270 g/mol. The summed E-state index contributed by atoms with van der Waals surface area (Å²) in [6.45, 7) is 3.74. The van der Waals surface area contributed by atoms with Crippen molar-refractivity contribution in [3.63, 3.8) is 0 Å². The fourth-order valence-corrected chi connectivity index (χ4v) is 2.45. The second-order valence-corrected chi connectivity index (χ2v) is 5.08. The van der Waals surface area contributed by atoms with E-state index in [1.165, 1.54) is 0 Å². The molecule has 0 fully saturated rings. The third-order valence-electron chi connectivity index (χ3n) is 3.33. The van der Waals surface area contributed by atoms with Crippen molar-refractivity contribution in [1.29, 1.82) is 0 Å². The third-order valence-corrected chi connectivity index (χ3v) is 3.33. The highest BCUT2D eigenvalue weighted by atomic mass is 19.4. The van der Waals surface area contributed by atoms with Crippen LogP contribution in [0.4, 0.5) is 13.2 Å². The monoisotopic (exact) mass is 270 g/mol. The normalized spacial score (nSPS) is 19.2. The van der Waals surface area contributed by atoms with Crippen LogP contribution in [0.25, 0.3) is 0 Å². The number of hydrogen-bond donors (Lipinski definition) is 0. The fourth-order valence-electron chi connectivity index (χ4n) is 2.45. The van der Waals surface area contributed by atoms with Gasteiger partial charge in [0.05, 0.1) is 0 Å². The molecule has 0 radical (unpaired) electrons. The van der Waals surface area contributed by atoms with Crippen LogP contribution in [-0.2, 0) is 0 Å². The SMILES string of the molecule is CC(C)c1cccc(C2C=CCC2)c1OC(F)(F)F. The molecule has 19 heavy (non-hydrogen) atoms. The maximum Gasteiger partial charge on any atom is 0.573 e. The lowest BCUT2D eigenvalue weighted by Crippen LogP contribution is -2.20. The van der Waals surface area contributed by atoms with Crippen molar-refractivity contribution in [2.45, 2.75) is 44.9 Å². The summed E-state index contributed by atoms with van der Waals surface area (Å²) in [5, 5.41) is 0. The average Bonchev–Trinajstić information content (AvgIpc) is 2.80. The summed E-state index contributed by atoms with van der Waals surface area (Å²) in [7, 11) is 0. The smallest absolute Gasteiger partial charge is 0.405 e. The summed E-state index contributed by atoms with van der Waals surface area (Å²) in [5.74, 6) is 0.000262. The van der Waals surface area contributed by atoms with Crippen LogP contribution < -0.4 is 4.74 Å². The molecule has 1 aliphatic rings. The second-order valence-electron chi connectivity index (χ2n) is 5.08. The number of alkyl halides is 3. The molecule has 0 aliphatic heterocycles.